The Bertz CT molecular complexity index is 121. The van der Waals surface area contributed by atoms with Crippen LogP contribution in [-0.2, 0) is 4.74 Å². The first-order valence-electron chi connectivity index (χ1n) is 4.44. The summed E-state index contributed by atoms with van der Waals surface area (Å²) in [7, 11) is 0. The molecule has 1 aliphatic rings. The highest BCUT2D eigenvalue weighted by atomic mass is 127. The van der Waals surface area contributed by atoms with Crippen molar-refractivity contribution in [3.63, 3.8) is 0 Å². The van der Waals surface area contributed by atoms with Gasteiger partial charge in [-0.25, -0.2) is 0 Å². The van der Waals surface area contributed by atoms with Crippen molar-refractivity contribution in [3.8, 4) is 0 Å². The number of rotatable bonds is 3. The summed E-state index contributed by atoms with van der Waals surface area (Å²) >= 11 is 2.41. The fourth-order valence-electron chi connectivity index (χ4n) is 1.74. The molecule has 0 aromatic heterocycles. The lowest BCUT2D eigenvalue weighted by Crippen LogP contribution is -2.18. The summed E-state index contributed by atoms with van der Waals surface area (Å²) in [5, 5.41) is 0. The molecule has 0 aromatic carbocycles. The highest BCUT2D eigenvalue weighted by molar-refractivity contribution is 14.1. The van der Waals surface area contributed by atoms with Crippen molar-refractivity contribution in [2.45, 2.75) is 39.2 Å². The molecule has 11 heavy (non-hydrogen) atoms. The molecule has 1 fully saturated rings. The van der Waals surface area contributed by atoms with E-state index in [1.807, 2.05) is 0 Å². The topological polar surface area (TPSA) is 9.23 Å². The van der Waals surface area contributed by atoms with Gasteiger partial charge in [0.15, 0.2) is 0 Å². The van der Waals surface area contributed by atoms with Gasteiger partial charge in [0.25, 0.3) is 0 Å². The third-order valence-electron chi connectivity index (χ3n) is 2.96. The molecule has 0 bridgehead atoms. The highest BCUT2D eigenvalue weighted by Crippen LogP contribution is 2.39. The Morgan fingerprint density at radius 3 is 2.36 bits per heavy atom. The molecule has 0 spiro atoms. The third kappa shape index (κ3) is 2.08. The van der Waals surface area contributed by atoms with Crippen LogP contribution in [-0.4, -0.2) is 17.1 Å². The first kappa shape index (κ1) is 9.78. The number of hydrogen-bond acceptors (Lipinski definition) is 1. The normalized spacial score (nSPS) is 29.2. The fraction of sp³-hybridized carbons (Fsp3) is 1.00. The largest absolute Gasteiger partial charge is 0.377 e. The van der Waals surface area contributed by atoms with Crippen LogP contribution in [0.3, 0.4) is 0 Å². The van der Waals surface area contributed by atoms with Gasteiger partial charge in [-0.3, -0.25) is 0 Å². The number of halogens is 1. The lowest BCUT2D eigenvalue weighted by atomic mass is 9.81. The molecule has 1 nitrogen and oxygen atoms in total. The maximum absolute atomic E-state index is 5.69. The van der Waals surface area contributed by atoms with Crippen molar-refractivity contribution in [1.82, 2.24) is 0 Å². The van der Waals surface area contributed by atoms with E-state index in [9.17, 15) is 0 Å². The fourth-order valence-corrected chi connectivity index (χ4v) is 2.30. The van der Waals surface area contributed by atoms with Crippen LogP contribution >= 0.6 is 22.6 Å². The Kier molecular flexibility index (Phi) is 3.62. The van der Waals surface area contributed by atoms with E-state index in [1.54, 1.807) is 0 Å². The predicted octanol–water partition coefficient (Wildman–Crippen LogP) is 3.02. The Labute approximate surface area is 83.0 Å². The Balaban J connectivity index is 2.48. The molecule has 0 aliphatic carbocycles. The van der Waals surface area contributed by atoms with E-state index in [2.05, 4.69) is 36.4 Å². The lowest BCUT2D eigenvalue weighted by Gasteiger charge is -2.23. The smallest absolute Gasteiger partial charge is 0.0670 e. The zero-order valence-corrected chi connectivity index (χ0v) is 9.56. The number of ether oxygens (including phenoxy) is 1. The molecule has 0 amide bonds. The summed E-state index contributed by atoms with van der Waals surface area (Å²) in [5.41, 5.74) is 0.524. The minimum atomic E-state index is 0.524. The quantitative estimate of drug-likeness (QED) is 0.564. The zero-order valence-electron chi connectivity index (χ0n) is 7.40. The molecule has 1 rings (SSSR count). The van der Waals surface area contributed by atoms with E-state index < -0.39 is 0 Å². The highest BCUT2D eigenvalue weighted by Gasteiger charge is 2.36. The van der Waals surface area contributed by atoms with Gasteiger partial charge in [0.05, 0.1) is 12.7 Å². The Morgan fingerprint density at radius 2 is 2.09 bits per heavy atom. The first-order chi connectivity index (χ1) is 5.26. The van der Waals surface area contributed by atoms with Crippen LogP contribution in [0.1, 0.15) is 33.1 Å². The van der Waals surface area contributed by atoms with Crippen LogP contribution in [0.4, 0.5) is 0 Å². The van der Waals surface area contributed by atoms with E-state index in [1.165, 1.54) is 19.3 Å². The lowest BCUT2D eigenvalue weighted by molar-refractivity contribution is 0.107. The summed E-state index contributed by atoms with van der Waals surface area (Å²) in [6, 6.07) is 0. The van der Waals surface area contributed by atoms with Crippen molar-refractivity contribution in [2.75, 3.05) is 11.0 Å². The second kappa shape index (κ2) is 4.08. The van der Waals surface area contributed by atoms with Crippen LogP contribution in [0.5, 0.6) is 0 Å². The zero-order chi connectivity index (χ0) is 8.32. The maximum Gasteiger partial charge on any atom is 0.0670 e. The average molecular weight is 268 g/mol. The van der Waals surface area contributed by atoms with E-state index in [0.29, 0.717) is 11.5 Å². The predicted molar refractivity (Wildman–Crippen MR) is 56.3 cm³/mol. The second-order valence-corrected chi connectivity index (χ2v) is 4.38. The molecule has 0 radical (unpaired) electrons. The van der Waals surface area contributed by atoms with Gasteiger partial charge in [-0.1, -0.05) is 36.4 Å². The van der Waals surface area contributed by atoms with E-state index >= 15 is 0 Å². The van der Waals surface area contributed by atoms with Gasteiger partial charge in [0.2, 0.25) is 0 Å². The van der Waals surface area contributed by atoms with E-state index in [4.69, 9.17) is 4.74 Å². The summed E-state index contributed by atoms with van der Waals surface area (Å²) < 4.78 is 6.84. The van der Waals surface area contributed by atoms with Crippen LogP contribution in [0.2, 0.25) is 0 Å². The molecule has 0 N–H and O–H groups in total. The molecule has 0 aromatic rings. The van der Waals surface area contributed by atoms with Crippen molar-refractivity contribution in [3.05, 3.63) is 0 Å². The average Bonchev–Trinajstić information content (AvgIpc) is 2.49. The van der Waals surface area contributed by atoms with Gasteiger partial charge in [-0.15, -0.1) is 0 Å². The molecule has 1 aliphatic heterocycles. The summed E-state index contributed by atoms with van der Waals surface area (Å²) in [4.78, 5) is 0. The first-order valence-corrected chi connectivity index (χ1v) is 5.96. The molecule has 0 saturated carbocycles. The van der Waals surface area contributed by atoms with Crippen LogP contribution < -0.4 is 0 Å². The van der Waals surface area contributed by atoms with Crippen LogP contribution in [0, 0.1) is 5.41 Å². The van der Waals surface area contributed by atoms with Gasteiger partial charge < -0.3 is 4.74 Å². The molecular weight excluding hydrogens is 251 g/mol. The molecule has 1 saturated heterocycles. The van der Waals surface area contributed by atoms with Gasteiger partial charge >= 0.3 is 0 Å². The van der Waals surface area contributed by atoms with Gasteiger partial charge in [0.1, 0.15) is 0 Å². The SMILES string of the molecule is CCC1(CC)CO[C@H](CI)C1. The molecule has 66 valence electrons. The van der Waals surface area contributed by atoms with Crippen molar-refractivity contribution in [1.29, 1.82) is 0 Å². The standard InChI is InChI=1S/C9H17IO/c1-3-9(4-2)5-8(6-10)11-7-9/h8H,3-7H2,1-2H3/t8-/m0/s1. The number of hydrogen-bond donors (Lipinski definition) is 0. The summed E-state index contributed by atoms with van der Waals surface area (Å²) in [6.45, 7) is 5.55. The summed E-state index contributed by atoms with van der Waals surface area (Å²) in [6.07, 6.45) is 4.37. The summed E-state index contributed by atoms with van der Waals surface area (Å²) in [5.74, 6) is 0. The second-order valence-electron chi connectivity index (χ2n) is 3.50. The monoisotopic (exact) mass is 268 g/mol. The van der Waals surface area contributed by atoms with E-state index in [0.717, 1.165) is 11.0 Å². The molecule has 0 unspecified atom stereocenters. The van der Waals surface area contributed by atoms with Crippen molar-refractivity contribution in [2.24, 2.45) is 5.41 Å². The van der Waals surface area contributed by atoms with Crippen LogP contribution in [0.25, 0.3) is 0 Å². The van der Waals surface area contributed by atoms with Gasteiger partial charge in [0, 0.05) is 4.43 Å². The minimum Gasteiger partial charge on any atom is -0.377 e. The minimum absolute atomic E-state index is 0.524. The van der Waals surface area contributed by atoms with Crippen LogP contribution in [0.15, 0.2) is 0 Å². The van der Waals surface area contributed by atoms with Gasteiger partial charge in [-0.2, -0.15) is 0 Å². The Morgan fingerprint density at radius 1 is 1.45 bits per heavy atom. The van der Waals surface area contributed by atoms with Gasteiger partial charge in [-0.05, 0) is 24.7 Å². The van der Waals surface area contributed by atoms with Crippen molar-refractivity contribution < 1.29 is 4.74 Å². The molecular formula is C9H17IO. The molecule has 2 heteroatoms. The van der Waals surface area contributed by atoms with Crippen molar-refractivity contribution >= 4 is 22.6 Å². The molecule has 1 heterocycles. The third-order valence-corrected chi connectivity index (χ3v) is 3.94. The maximum atomic E-state index is 5.69. The van der Waals surface area contributed by atoms with E-state index in [-0.39, 0.29) is 0 Å². The Hall–Kier alpha value is 0.690. The number of alkyl halides is 1. The molecule has 1 atom stereocenters.